The predicted octanol–water partition coefficient (Wildman–Crippen LogP) is 2.95. The van der Waals surface area contributed by atoms with Crippen LogP contribution in [0.25, 0.3) is 11.0 Å². The van der Waals surface area contributed by atoms with Crippen molar-refractivity contribution >= 4 is 22.6 Å². The number of imidazole rings is 1. The third kappa shape index (κ3) is 1.94. The Bertz CT molecular complexity index is 558. The minimum absolute atomic E-state index is 0.388. The van der Waals surface area contributed by atoms with E-state index < -0.39 is 0 Å². The fourth-order valence-corrected chi connectivity index (χ4v) is 2.53. The number of nitrogens with zero attached hydrogens (tertiary/aromatic N) is 2. The number of aliphatic hydroxyl groups excluding tert-OH is 1. The zero-order valence-corrected chi connectivity index (χ0v) is 10.5. The summed E-state index contributed by atoms with van der Waals surface area (Å²) in [5.41, 5.74) is 1.89. The highest BCUT2D eigenvalue weighted by Crippen LogP contribution is 2.41. The Labute approximate surface area is 105 Å². The van der Waals surface area contributed by atoms with Crippen LogP contribution >= 0.6 is 11.6 Å². The highest BCUT2D eigenvalue weighted by atomic mass is 35.5. The van der Waals surface area contributed by atoms with Gasteiger partial charge in [-0.05, 0) is 31.9 Å². The first-order valence-electron chi connectivity index (χ1n) is 5.99. The normalized spacial score (nSPS) is 17.6. The van der Waals surface area contributed by atoms with Crippen LogP contribution in [0.1, 0.15) is 31.5 Å². The lowest BCUT2D eigenvalue weighted by atomic mass is 10.3. The number of aromatic nitrogens is 2. The number of hydrogen-bond acceptors (Lipinski definition) is 2. The number of halogens is 1. The summed E-state index contributed by atoms with van der Waals surface area (Å²) >= 11 is 6.24. The summed E-state index contributed by atoms with van der Waals surface area (Å²) in [6.45, 7) is 2.35. The quantitative estimate of drug-likeness (QED) is 0.910. The SMILES string of the molecule is CC(O)Cn1c(C2CC2)nc2cccc(Cl)c21. The van der Waals surface area contributed by atoms with Crippen LogP contribution in [0.3, 0.4) is 0 Å². The summed E-state index contributed by atoms with van der Waals surface area (Å²) < 4.78 is 2.08. The molecule has 2 aromatic rings. The first-order valence-corrected chi connectivity index (χ1v) is 6.37. The molecule has 1 aliphatic carbocycles. The molecule has 0 amide bonds. The van der Waals surface area contributed by atoms with Crippen LogP contribution in [0, 0.1) is 0 Å². The van der Waals surface area contributed by atoms with Gasteiger partial charge in [0, 0.05) is 5.92 Å². The molecule has 0 spiro atoms. The highest BCUT2D eigenvalue weighted by Gasteiger charge is 2.30. The lowest BCUT2D eigenvalue weighted by molar-refractivity contribution is 0.174. The number of aliphatic hydroxyl groups is 1. The van der Waals surface area contributed by atoms with Gasteiger partial charge in [0.25, 0.3) is 0 Å². The molecule has 1 atom stereocenters. The smallest absolute Gasteiger partial charge is 0.113 e. The Balaban J connectivity index is 2.21. The number of benzene rings is 1. The molecule has 4 heteroatoms. The molecule has 3 rings (SSSR count). The van der Waals surface area contributed by atoms with Crippen molar-refractivity contribution in [2.45, 2.75) is 38.3 Å². The van der Waals surface area contributed by atoms with Gasteiger partial charge < -0.3 is 9.67 Å². The van der Waals surface area contributed by atoms with Crippen LogP contribution < -0.4 is 0 Å². The second kappa shape index (κ2) is 4.00. The van der Waals surface area contributed by atoms with Gasteiger partial charge in [-0.3, -0.25) is 0 Å². The molecule has 0 aliphatic heterocycles. The molecule has 1 heterocycles. The van der Waals surface area contributed by atoms with Gasteiger partial charge >= 0.3 is 0 Å². The van der Waals surface area contributed by atoms with E-state index in [2.05, 4.69) is 9.55 Å². The molecule has 0 radical (unpaired) electrons. The first-order chi connectivity index (χ1) is 8.16. The molecule has 90 valence electrons. The zero-order valence-electron chi connectivity index (χ0n) is 9.73. The van der Waals surface area contributed by atoms with Crippen LogP contribution in [0.4, 0.5) is 0 Å². The Morgan fingerprint density at radius 3 is 2.94 bits per heavy atom. The number of hydrogen-bond donors (Lipinski definition) is 1. The molecule has 17 heavy (non-hydrogen) atoms. The third-order valence-corrected chi connectivity index (χ3v) is 3.44. The summed E-state index contributed by atoms with van der Waals surface area (Å²) in [4.78, 5) is 4.66. The molecule has 1 aromatic heterocycles. The van der Waals surface area contributed by atoms with E-state index in [1.807, 2.05) is 18.2 Å². The fourth-order valence-electron chi connectivity index (χ4n) is 2.26. The Morgan fingerprint density at radius 1 is 1.53 bits per heavy atom. The van der Waals surface area contributed by atoms with Crippen molar-refractivity contribution in [1.82, 2.24) is 9.55 Å². The van der Waals surface area contributed by atoms with Crippen LogP contribution in [0.2, 0.25) is 5.02 Å². The molecule has 1 N–H and O–H groups in total. The molecule has 1 saturated carbocycles. The number of rotatable bonds is 3. The first kappa shape index (κ1) is 11.1. The Kier molecular flexibility index (Phi) is 2.60. The van der Waals surface area contributed by atoms with Gasteiger partial charge in [-0.1, -0.05) is 17.7 Å². The molecule has 1 aliphatic rings. The van der Waals surface area contributed by atoms with E-state index in [9.17, 15) is 5.11 Å². The Hall–Kier alpha value is -1.06. The van der Waals surface area contributed by atoms with Crippen molar-refractivity contribution < 1.29 is 5.11 Å². The highest BCUT2D eigenvalue weighted by molar-refractivity contribution is 6.35. The number of fused-ring (bicyclic) bond motifs is 1. The minimum Gasteiger partial charge on any atom is -0.392 e. The molecule has 1 aromatic carbocycles. The van der Waals surface area contributed by atoms with E-state index in [1.54, 1.807) is 6.92 Å². The predicted molar refractivity (Wildman–Crippen MR) is 68.4 cm³/mol. The van der Waals surface area contributed by atoms with Crippen LogP contribution in [-0.4, -0.2) is 20.8 Å². The van der Waals surface area contributed by atoms with Gasteiger partial charge in [0.2, 0.25) is 0 Å². The maximum atomic E-state index is 9.61. The van der Waals surface area contributed by atoms with Crippen molar-refractivity contribution in [3.63, 3.8) is 0 Å². The van der Waals surface area contributed by atoms with Gasteiger partial charge in [0.1, 0.15) is 5.82 Å². The van der Waals surface area contributed by atoms with Crippen molar-refractivity contribution in [1.29, 1.82) is 0 Å². The third-order valence-electron chi connectivity index (χ3n) is 3.14. The molecule has 3 nitrogen and oxygen atoms in total. The van der Waals surface area contributed by atoms with Crippen LogP contribution in [0.5, 0.6) is 0 Å². The summed E-state index contributed by atoms with van der Waals surface area (Å²) in [6, 6.07) is 5.77. The van der Waals surface area contributed by atoms with Gasteiger partial charge in [0.15, 0.2) is 0 Å². The topological polar surface area (TPSA) is 38.0 Å². The summed E-state index contributed by atoms with van der Waals surface area (Å²) in [6.07, 6.45) is 2.00. The second-order valence-corrected chi connectivity index (χ2v) is 5.22. The molecule has 0 saturated heterocycles. The largest absolute Gasteiger partial charge is 0.392 e. The average molecular weight is 251 g/mol. The van der Waals surface area contributed by atoms with Crippen LogP contribution in [0.15, 0.2) is 18.2 Å². The molecule has 1 fully saturated rings. The fraction of sp³-hybridized carbons (Fsp3) is 0.462. The van der Waals surface area contributed by atoms with Gasteiger partial charge in [-0.2, -0.15) is 0 Å². The summed E-state index contributed by atoms with van der Waals surface area (Å²) in [7, 11) is 0. The molecular formula is C13H15ClN2O. The van der Waals surface area contributed by atoms with Crippen molar-refractivity contribution in [2.24, 2.45) is 0 Å². The monoisotopic (exact) mass is 250 g/mol. The molecule has 0 bridgehead atoms. The lowest BCUT2D eigenvalue weighted by Crippen LogP contribution is -2.14. The average Bonchev–Trinajstić information content (AvgIpc) is 3.03. The standard InChI is InChI=1S/C13H15ClN2O/c1-8(17)7-16-12-10(14)3-2-4-11(12)15-13(16)9-5-6-9/h2-4,8-9,17H,5-7H2,1H3. The van der Waals surface area contributed by atoms with E-state index in [0.717, 1.165) is 16.9 Å². The number of para-hydroxylation sites is 1. The van der Waals surface area contributed by atoms with E-state index in [0.29, 0.717) is 17.5 Å². The van der Waals surface area contributed by atoms with E-state index in [1.165, 1.54) is 12.8 Å². The molecular weight excluding hydrogens is 236 g/mol. The summed E-state index contributed by atoms with van der Waals surface area (Å²) in [5.74, 6) is 1.63. The maximum Gasteiger partial charge on any atom is 0.113 e. The van der Waals surface area contributed by atoms with Gasteiger partial charge in [-0.15, -0.1) is 0 Å². The van der Waals surface area contributed by atoms with Crippen LogP contribution in [-0.2, 0) is 6.54 Å². The van der Waals surface area contributed by atoms with Gasteiger partial charge in [0.05, 0.1) is 28.7 Å². The van der Waals surface area contributed by atoms with Crippen molar-refractivity contribution in [2.75, 3.05) is 0 Å². The van der Waals surface area contributed by atoms with E-state index >= 15 is 0 Å². The zero-order chi connectivity index (χ0) is 12.0. The maximum absolute atomic E-state index is 9.61. The Morgan fingerprint density at radius 2 is 2.29 bits per heavy atom. The van der Waals surface area contributed by atoms with Crippen molar-refractivity contribution in [3.05, 3.63) is 29.0 Å². The molecule has 1 unspecified atom stereocenters. The minimum atomic E-state index is -0.388. The van der Waals surface area contributed by atoms with Crippen molar-refractivity contribution in [3.8, 4) is 0 Å². The van der Waals surface area contributed by atoms with E-state index in [-0.39, 0.29) is 6.10 Å². The summed E-state index contributed by atoms with van der Waals surface area (Å²) in [5, 5.41) is 10.3. The van der Waals surface area contributed by atoms with Gasteiger partial charge in [-0.25, -0.2) is 4.98 Å². The lowest BCUT2D eigenvalue weighted by Gasteiger charge is -2.11. The second-order valence-electron chi connectivity index (χ2n) is 4.81. The van der Waals surface area contributed by atoms with E-state index in [4.69, 9.17) is 11.6 Å².